The number of carbonyl (C=O) groups excluding carboxylic acids is 2. The van der Waals surface area contributed by atoms with Gasteiger partial charge in [0.1, 0.15) is 11.6 Å². The lowest BCUT2D eigenvalue weighted by molar-refractivity contribution is -0.139. The van der Waals surface area contributed by atoms with Crippen molar-refractivity contribution in [2.75, 3.05) is 26.2 Å². The van der Waals surface area contributed by atoms with Crippen molar-refractivity contribution in [2.24, 2.45) is 0 Å². The minimum absolute atomic E-state index is 0.126. The molecular weight excluding hydrogens is 371 g/mol. The molecule has 0 saturated carbocycles. The second-order valence-corrected chi connectivity index (χ2v) is 6.77. The molecule has 1 saturated heterocycles. The summed E-state index contributed by atoms with van der Waals surface area (Å²) < 4.78 is 18.7. The zero-order valence-corrected chi connectivity index (χ0v) is 15.7. The molecule has 1 fully saturated rings. The lowest BCUT2D eigenvalue weighted by Crippen LogP contribution is -2.53. The summed E-state index contributed by atoms with van der Waals surface area (Å²) in [6.07, 6.45) is -0.634. The highest BCUT2D eigenvalue weighted by Gasteiger charge is 2.28. The molecule has 27 heavy (non-hydrogen) atoms. The molecule has 0 spiro atoms. The van der Waals surface area contributed by atoms with Crippen LogP contribution in [0.3, 0.4) is 0 Å². The van der Waals surface area contributed by atoms with Crippen LogP contribution in [0.2, 0.25) is 5.02 Å². The van der Waals surface area contributed by atoms with Gasteiger partial charge in [-0.2, -0.15) is 0 Å². The minimum atomic E-state index is -0.634. The first-order valence-corrected chi connectivity index (χ1v) is 9.07. The molecule has 2 aromatic rings. The molecule has 1 aliphatic rings. The Kier molecular flexibility index (Phi) is 5.96. The van der Waals surface area contributed by atoms with Crippen LogP contribution < -0.4 is 4.74 Å². The zero-order chi connectivity index (χ0) is 19.4. The lowest BCUT2D eigenvalue weighted by Gasteiger charge is -2.36. The van der Waals surface area contributed by atoms with Gasteiger partial charge < -0.3 is 14.5 Å². The number of hydrogen-bond acceptors (Lipinski definition) is 3. The van der Waals surface area contributed by atoms with E-state index in [1.807, 2.05) is 0 Å². The maximum atomic E-state index is 13.0. The third-order valence-corrected chi connectivity index (χ3v) is 4.70. The van der Waals surface area contributed by atoms with Crippen molar-refractivity contribution in [3.05, 3.63) is 64.9 Å². The largest absolute Gasteiger partial charge is 0.481 e. The standard InChI is InChI=1S/C20H20ClFN2O3/c1-14(27-18-8-4-16(21)5-9-18)19(25)23-10-12-24(13-11-23)20(26)15-2-6-17(22)7-3-15/h2-9,14H,10-13H2,1H3. The molecule has 7 heteroatoms. The summed E-state index contributed by atoms with van der Waals surface area (Å²) in [5, 5.41) is 0.600. The Labute approximate surface area is 162 Å². The molecule has 0 radical (unpaired) electrons. The van der Waals surface area contributed by atoms with Crippen LogP contribution in [0, 0.1) is 5.82 Å². The first kappa shape index (κ1) is 19.2. The molecule has 1 unspecified atom stereocenters. The van der Waals surface area contributed by atoms with Crippen LogP contribution in [0.1, 0.15) is 17.3 Å². The fourth-order valence-electron chi connectivity index (χ4n) is 2.93. The first-order chi connectivity index (χ1) is 12.9. The average molecular weight is 391 g/mol. The summed E-state index contributed by atoms with van der Waals surface area (Å²) in [5.41, 5.74) is 0.440. The van der Waals surface area contributed by atoms with Crippen molar-refractivity contribution >= 4 is 23.4 Å². The Balaban J connectivity index is 1.53. The Morgan fingerprint density at radius 1 is 0.963 bits per heavy atom. The maximum Gasteiger partial charge on any atom is 0.263 e. The third kappa shape index (κ3) is 4.77. The monoisotopic (exact) mass is 390 g/mol. The molecule has 5 nitrogen and oxygen atoms in total. The summed E-state index contributed by atoms with van der Waals surface area (Å²) in [6, 6.07) is 12.3. The van der Waals surface area contributed by atoms with Gasteiger partial charge >= 0.3 is 0 Å². The van der Waals surface area contributed by atoms with Gasteiger partial charge in [-0.05, 0) is 55.5 Å². The van der Waals surface area contributed by atoms with Crippen LogP contribution >= 0.6 is 11.6 Å². The molecule has 0 N–H and O–H groups in total. The predicted octanol–water partition coefficient (Wildman–Crippen LogP) is 3.23. The average Bonchev–Trinajstić information content (AvgIpc) is 2.69. The second-order valence-electron chi connectivity index (χ2n) is 6.34. The fourth-order valence-corrected chi connectivity index (χ4v) is 3.06. The molecule has 2 aromatic carbocycles. The van der Waals surface area contributed by atoms with Crippen molar-refractivity contribution in [3.8, 4) is 5.75 Å². The fraction of sp³-hybridized carbons (Fsp3) is 0.300. The predicted molar refractivity (Wildman–Crippen MR) is 100 cm³/mol. The van der Waals surface area contributed by atoms with Crippen LogP contribution in [0.15, 0.2) is 48.5 Å². The number of amides is 2. The van der Waals surface area contributed by atoms with Gasteiger partial charge in [-0.15, -0.1) is 0 Å². The van der Waals surface area contributed by atoms with Gasteiger partial charge in [-0.25, -0.2) is 4.39 Å². The van der Waals surface area contributed by atoms with Gasteiger partial charge in [0.05, 0.1) is 0 Å². The molecule has 0 aromatic heterocycles. The molecule has 0 bridgehead atoms. The molecule has 2 amide bonds. The van der Waals surface area contributed by atoms with Gasteiger partial charge in [0.25, 0.3) is 11.8 Å². The van der Waals surface area contributed by atoms with Crippen molar-refractivity contribution in [1.29, 1.82) is 0 Å². The minimum Gasteiger partial charge on any atom is -0.481 e. The molecular formula is C20H20ClFN2O3. The number of halogens is 2. The van der Waals surface area contributed by atoms with Crippen molar-refractivity contribution in [2.45, 2.75) is 13.0 Å². The summed E-state index contributed by atoms with van der Waals surface area (Å²) >= 11 is 5.84. The van der Waals surface area contributed by atoms with Crippen LogP contribution in [-0.4, -0.2) is 53.9 Å². The van der Waals surface area contributed by atoms with E-state index in [4.69, 9.17) is 16.3 Å². The maximum absolute atomic E-state index is 13.0. The number of piperazine rings is 1. The topological polar surface area (TPSA) is 49.9 Å². The first-order valence-electron chi connectivity index (χ1n) is 8.70. The number of ether oxygens (including phenoxy) is 1. The smallest absolute Gasteiger partial charge is 0.263 e. The van der Waals surface area contributed by atoms with E-state index < -0.39 is 6.10 Å². The molecule has 142 valence electrons. The summed E-state index contributed by atoms with van der Waals surface area (Å²) in [5.74, 6) is -0.0894. The van der Waals surface area contributed by atoms with E-state index in [9.17, 15) is 14.0 Å². The summed E-state index contributed by atoms with van der Waals surface area (Å²) in [7, 11) is 0. The van der Waals surface area contributed by atoms with E-state index in [-0.39, 0.29) is 17.6 Å². The van der Waals surface area contributed by atoms with Gasteiger partial charge in [0.2, 0.25) is 0 Å². The van der Waals surface area contributed by atoms with E-state index in [1.165, 1.54) is 24.3 Å². The SMILES string of the molecule is CC(Oc1ccc(Cl)cc1)C(=O)N1CCN(C(=O)c2ccc(F)cc2)CC1. The van der Waals surface area contributed by atoms with Crippen LogP contribution in [0.4, 0.5) is 4.39 Å². The second kappa shape index (κ2) is 8.39. The lowest BCUT2D eigenvalue weighted by atomic mass is 10.1. The van der Waals surface area contributed by atoms with Crippen molar-refractivity contribution in [1.82, 2.24) is 9.80 Å². The Morgan fingerprint density at radius 2 is 1.52 bits per heavy atom. The number of nitrogens with zero attached hydrogens (tertiary/aromatic N) is 2. The molecule has 1 heterocycles. The van der Waals surface area contributed by atoms with Crippen LogP contribution in [0.25, 0.3) is 0 Å². The number of rotatable bonds is 4. The number of carbonyl (C=O) groups is 2. The van der Waals surface area contributed by atoms with Crippen LogP contribution in [-0.2, 0) is 4.79 Å². The highest BCUT2D eigenvalue weighted by atomic mass is 35.5. The zero-order valence-electron chi connectivity index (χ0n) is 14.9. The Morgan fingerprint density at radius 3 is 2.11 bits per heavy atom. The van der Waals surface area contributed by atoms with Gasteiger partial charge in [-0.1, -0.05) is 11.6 Å². The van der Waals surface area contributed by atoms with E-state index in [0.29, 0.717) is 42.5 Å². The third-order valence-electron chi connectivity index (χ3n) is 4.44. The van der Waals surface area contributed by atoms with Gasteiger partial charge in [-0.3, -0.25) is 9.59 Å². The quantitative estimate of drug-likeness (QED) is 0.805. The number of benzene rings is 2. The van der Waals surface area contributed by atoms with Gasteiger partial charge in [0.15, 0.2) is 6.10 Å². The highest BCUT2D eigenvalue weighted by Crippen LogP contribution is 2.18. The molecule has 1 aliphatic heterocycles. The van der Waals surface area contributed by atoms with Crippen molar-refractivity contribution < 1.29 is 18.7 Å². The Hall–Kier alpha value is -2.60. The van der Waals surface area contributed by atoms with E-state index in [2.05, 4.69) is 0 Å². The van der Waals surface area contributed by atoms with E-state index in [0.717, 1.165) is 0 Å². The number of hydrogen-bond donors (Lipinski definition) is 0. The molecule has 1 atom stereocenters. The molecule has 0 aliphatic carbocycles. The molecule has 3 rings (SSSR count). The normalized spacial score (nSPS) is 15.4. The Bertz CT molecular complexity index is 803. The summed E-state index contributed by atoms with van der Waals surface area (Å²) in [6.45, 7) is 3.42. The van der Waals surface area contributed by atoms with E-state index >= 15 is 0 Å². The van der Waals surface area contributed by atoms with Crippen molar-refractivity contribution in [3.63, 3.8) is 0 Å². The van der Waals surface area contributed by atoms with Crippen LogP contribution in [0.5, 0.6) is 5.75 Å². The highest BCUT2D eigenvalue weighted by molar-refractivity contribution is 6.30. The van der Waals surface area contributed by atoms with E-state index in [1.54, 1.807) is 41.0 Å². The summed E-state index contributed by atoms with van der Waals surface area (Å²) in [4.78, 5) is 28.4. The van der Waals surface area contributed by atoms with Gasteiger partial charge in [0, 0.05) is 36.8 Å².